The Hall–Kier alpha value is -2.38. The molecule has 0 aliphatic heterocycles. The third kappa shape index (κ3) is 4.59. The molecule has 108 valence electrons. The number of benzene rings is 1. The van der Waals surface area contributed by atoms with Crippen LogP contribution in [0, 0.1) is 11.3 Å². The summed E-state index contributed by atoms with van der Waals surface area (Å²) < 4.78 is 0. The molecular formula is C17H20N4. The number of anilines is 1. The van der Waals surface area contributed by atoms with Gasteiger partial charge in [0.15, 0.2) is 0 Å². The SMILES string of the molecule is CCN(C)Cc1cccc(CNc2ccc(C#N)cn2)c1. The van der Waals surface area contributed by atoms with E-state index in [1.54, 1.807) is 12.3 Å². The number of nitriles is 1. The molecule has 0 aliphatic rings. The topological polar surface area (TPSA) is 52.0 Å². The molecule has 0 bridgehead atoms. The number of pyridine rings is 1. The van der Waals surface area contributed by atoms with Gasteiger partial charge in [-0.25, -0.2) is 4.98 Å². The molecule has 0 spiro atoms. The Balaban J connectivity index is 1.96. The number of hydrogen-bond acceptors (Lipinski definition) is 4. The van der Waals surface area contributed by atoms with E-state index in [-0.39, 0.29) is 0 Å². The first-order chi connectivity index (χ1) is 10.2. The average molecular weight is 280 g/mol. The molecule has 2 rings (SSSR count). The highest BCUT2D eigenvalue weighted by molar-refractivity contribution is 5.40. The number of nitrogens with zero attached hydrogens (tertiary/aromatic N) is 3. The molecule has 0 unspecified atom stereocenters. The van der Waals surface area contributed by atoms with Crippen LogP contribution in [0.5, 0.6) is 0 Å². The third-order valence-corrected chi connectivity index (χ3v) is 3.35. The lowest BCUT2D eigenvalue weighted by Crippen LogP contribution is -2.16. The van der Waals surface area contributed by atoms with Crippen LogP contribution in [0.3, 0.4) is 0 Å². The zero-order valence-corrected chi connectivity index (χ0v) is 12.5. The van der Waals surface area contributed by atoms with Crippen LogP contribution in [-0.2, 0) is 13.1 Å². The van der Waals surface area contributed by atoms with Gasteiger partial charge >= 0.3 is 0 Å². The molecule has 1 aromatic heterocycles. The molecule has 2 aromatic rings. The fourth-order valence-electron chi connectivity index (χ4n) is 2.02. The molecule has 4 heteroatoms. The van der Waals surface area contributed by atoms with E-state index >= 15 is 0 Å². The van der Waals surface area contributed by atoms with E-state index in [0.29, 0.717) is 5.56 Å². The molecule has 0 amide bonds. The molecular weight excluding hydrogens is 260 g/mol. The van der Waals surface area contributed by atoms with Crippen molar-refractivity contribution in [2.24, 2.45) is 0 Å². The number of hydrogen-bond donors (Lipinski definition) is 1. The van der Waals surface area contributed by atoms with E-state index in [1.165, 1.54) is 11.1 Å². The summed E-state index contributed by atoms with van der Waals surface area (Å²) in [6.45, 7) is 4.88. The highest BCUT2D eigenvalue weighted by Gasteiger charge is 2.00. The van der Waals surface area contributed by atoms with E-state index in [0.717, 1.165) is 25.5 Å². The van der Waals surface area contributed by atoms with E-state index in [9.17, 15) is 0 Å². The average Bonchev–Trinajstić information content (AvgIpc) is 2.53. The highest BCUT2D eigenvalue weighted by atomic mass is 15.1. The molecule has 0 saturated carbocycles. The van der Waals surface area contributed by atoms with Gasteiger partial charge in [0.2, 0.25) is 0 Å². The van der Waals surface area contributed by atoms with Crippen molar-refractivity contribution in [2.45, 2.75) is 20.0 Å². The van der Waals surface area contributed by atoms with E-state index in [2.05, 4.69) is 59.5 Å². The summed E-state index contributed by atoms with van der Waals surface area (Å²) in [5.74, 6) is 0.782. The Morgan fingerprint density at radius 1 is 1.24 bits per heavy atom. The fourth-order valence-corrected chi connectivity index (χ4v) is 2.02. The lowest BCUT2D eigenvalue weighted by atomic mass is 10.1. The Bertz CT molecular complexity index is 613. The quantitative estimate of drug-likeness (QED) is 0.883. The van der Waals surface area contributed by atoms with Crippen molar-refractivity contribution < 1.29 is 0 Å². The molecule has 0 radical (unpaired) electrons. The van der Waals surface area contributed by atoms with Crippen molar-refractivity contribution in [3.05, 3.63) is 59.3 Å². The molecule has 0 atom stereocenters. The maximum Gasteiger partial charge on any atom is 0.126 e. The number of nitrogens with one attached hydrogen (secondary N) is 1. The minimum absolute atomic E-state index is 0.574. The molecule has 1 aromatic carbocycles. The third-order valence-electron chi connectivity index (χ3n) is 3.35. The van der Waals surface area contributed by atoms with Crippen LogP contribution >= 0.6 is 0 Å². The molecule has 21 heavy (non-hydrogen) atoms. The van der Waals surface area contributed by atoms with Gasteiger partial charge in [0.25, 0.3) is 0 Å². The summed E-state index contributed by atoms with van der Waals surface area (Å²) in [5, 5.41) is 12.0. The van der Waals surface area contributed by atoms with Crippen molar-refractivity contribution in [3.63, 3.8) is 0 Å². The van der Waals surface area contributed by atoms with E-state index < -0.39 is 0 Å². The monoisotopic (exact) mass is 280 g/mol. The predicted octanol–water partition coefficient (Wildman–Crippen LogP) is 3.02. The fraction of sp³-hybridized carbons (Fsp3) is 0.294. The van der Waals surface area contributed by atoms with Crippen molar-refractivity contribution in [3.8, 4) is 6.07 Å². The molecule has 0 aliphatic carbocycles. The Labute approximate surface area is 126 Å². The lowest BCUT2D eigenvalue weighted by Gasteiger charge is -2.14. The van der Waals surface area contributed by atoms with Crippen LogP contribution in [0.2, 0.25) is 0 Å². The second-order valence-corrected chi connectivity index (χ2v) is 5.05. The second kappa shape index (κ2) is 7.41. The smallest absolute Gasteiger partial charge is 0.126 e. The van der Waals surface area contributed by atoms with Crippen molar-refractivity contribution in [2.75, 3.05) is 18.9 Å². The van der Waals surface area contributed by atoms with Crippen LogP contribution in [0.15, 0.2) is 42.6 Å². The van der Waals surface area contributed by atoms with Gasteiger partial charge in [-0.1, -0.05) is 31.2 Å². The van der Waals surface area contributed by atoms with Gasteiger partial charge in [0, 0.05) is 19.3 Å². The van der Waals surface area contributed by atoms with Gasteiger partial charge in [-0.3, -0.25) is 0 Å². The molecule has 0 saturated heterocycles. The molecule has 0 fully saturated rings. The summed E-state index contributed by atoms with van der Waals surface area (Å²) in [7, 11) is 2.12. The Morgan fingerprint density at radius 2 is 2.05 bits per heavy atom. The van der Waals surface area contributed by atoms with Gasteiger partial charge in [0.05, 0.1) is 5.56 Å². The molecule has 1 heterocycles. The summed E-state index contributed by atoms with van der Waals surface area (Å²) in [5.41, 5.74) is 3.11. The summed E-state index contributed by atoms with van der Waals surface area (Å²) >= 11 is 0. The molecule has 1 N–H and O–H groups in total. The zero-order valence-electron chi connectivity index (χ0n) is 12.5. The zero-order chi connectivity index (χ0) is 15.1. The summed E-state index contributed by atoms with van der Waals surface area (Å²) in [6.07, 6.45) is 1.58. The summed E-state index contributed by atoms with van der Waals surface area (Å²) in [6, 6.07) is 14.2. The van der Waals surface area contributed by atoms with Gasteiger partial charge < -0.3 is 10.2 Å². The first-order valence-corrected chi connectivity index (χ1v) is 7.07. The number of rotatable bonds is 6. The van der Waals surface area contributed by atoms with E-state index in [4.69, 9.17) is 5.26 Å². The van der Waals surface area contributed by atoms with Crippen molar-refractivity contribution in [1.82, 2.24) is 9.88 Å². The Kier molecular flexibility index (Phi) is 5.30. The largest absolute Gasteiger partial charge is 0.366 e. The van der Waals surface area contributed by atoms with Crippen LogP contribution in [0.1, 0.15) is 23.6 Å². The first kappa shape index (κ1) is 15.0. The van der Waals surface area contributed by atoms with Crippen molar-refractivity contribution in [1.29, 1.82) is 5.26 Å². The van der Waals surface area contributed by atoms with Gasteiger partial charge in [0.1, 0.15) is 11.9 Å². The second-order valence-electron chi connectivity index (χ2n) is 5.05. The standard InChI is InChI=1S/C17H20N4/c1-3-21(2)13-15-6-4-5-14(9-15)11-19-17-8-7-16(10-18)12-20-17/h4-9,12H,3,11,13H2,1-2H3,(H,19,20). The Morgan fingerprint density at radius 3 is 2.71 bits per heavy atom. The van der Waals surface area contributed by atoms with Gasteiger partial charge in [-0.2, -0.15) is 5.26 Å². The highest BCUT2D eigenvalue weighted by Crippen LogP contribution is 2.10. The first-order valence-electron chi connectivity index (χ1n) is 7.07. The predicted molar refractivity (Wildman–Crippen MR) is 84.7 cm³/mol. The minimum Gasteiger partial charge on any atom is -0.366 e. The van der Waals surface area contributed by atoms with Gasteiger partial charge in [-0.05, 0) is 36.9 Å². The van der Waals surface area contributed by atoms with Crippen LogP contribution < -0.4 is 5.32 Å². The van der Waals surface area contributed by atoms with Crippen LogP contribution in [0.25, 0.3) is 0 Å². The van der Waals surface area contributed by atoms with Gasteiger partial charge in [-0.15, -0.1) is 0 Å². The molecule has 4 nitrogen and oxygen atoms in total. The van der Waals surface area contributed by atoms with Crippen LogP contribution in [0.4, 0.5) is 5.82 Å². The van der Waals surface area contributed by atoms with Crippen molar-refractivity contribution >= 4 is 5.82 Å². The van der Waals surface area contributed by atoms with Crippen LogP contribution in [-0.4, -0.2) is 23.5 Å². The maximum absolute atomic E-state index is 8.74. The number of aromatic nitrogens is 1. The normalized spacial score (nSPS) is 10.4. The van der Waals surface area contributed by atoms with E-state index in [1.807, 2.05) is 6.07 Å². The summed E-state index contributed by atoms with van der Waals surface area (Å²) in [4.78, 5) is 6.48. The minimum atomic E-state index is 0.574. The maximum atomic E-state index is 8.74. The lowest BCUT2D eigenvalue weighted by molar-refractivity contribution is 0.345.